The topological polar surface area (TPSA) is 75.9 Å². The van der Waals surface area contributed by atoms with E-state index in [0.29, 0.717) is 12.8 Å². The molecular formula is C22H30F4N2O4. The summed E-state index contributed by atoms with van der Waals surface area (Å²) < 4.78 is 63.8. The largest absolute Gasteiger partial charge is 0.574 e. The molecule has 1 spiro atoms. The molecule has 10 heteroatoms. The van der Waals surface area contributed by atoms with Crippen LogP contribution in [0.15, 0.2) is 5.95 Å². The Bertz CT molecular complexity index is 834. The van der Waals surface area contributed by atoms with Crippen LogP contribution >= 0.6 is 0 Å². The van der Waals surface area contributed by atoms with Gasteiger partial charge in [0.15, 0.2) is 17.4 Å². The van der Waals surface area contributed by atoms with Crippen molar-refractivity contribution >= 4 is 11.5 Å². The molecule has 1 aromatic heterocycles. The van der Waals surface area contributed by atoms with E-state index in [9.17, 15) is 27.5 Å². The van der Waals surface area contributed by atoms with E-state index in [0.717, 1.165) is 18.5 Å². The molecule has 0 unspecified atom stereocenters. The molecule has 0 radical (unpaired) electrons. The van der Waals surface area contributed by atoms with Crippen LogP contribution < -0.4 is 10.0 Å². The summed E-state index contributed by atoms with van der Waals surface area (Å²) in [5, 5.41) is 12.0. The molecule has 0 bridgehead atoms. The van der Waals surface area contributed by atoms with Gasteiger partial charge in [0.25, 0.3) is 11.9 Å². The second-order valence-corrected chi connectivity index (χ2v) is 8.56. The number of pyridine rings is 1. The van der Waals surface area contributed by atoms with Gasteiger partial charge in [0.2, 0.25) is 0 Å². The Balaban J connectivity index is 0.000000344. The van der Waals surface area contributed by atoms with E-state index >= 15 is 0 Å². The Labute approximate surface area is 185 Å². The third kappa shape index (κ3) is 5.51. The summed E-state index contributed by atoms with van der Waals surface area (Å²) in [5.41, 5.74) is -2.70. The minimum absolute atomic E-state index is 0.252. The number of quaternary nitrogens is 1. The molecule has 180 valence electrons. The highest BCUT2D eigenvalue weighted by atomic mass is 19.2. The van der Waals surface area contributed by atoms with Crippen LogP contribution in [-0.2, 0) is 14.3 Å². The Morgan fingerprint density at radius 1 is 0.969 bits per heavy atom. The summed E-state index contributed by atoms with van der Waals surface area (Å²) in [6.45, 7) is 12.6. The number of halogens is 4. The second kappa shape index (κ2) is 10.5. The number of nitrogens with zero attached hydrogens (tertiary/aromatic N) is 1. The van der Waals surface area contributed by atoms with Crippen molar-refractivity contribution < 1.29 is 41.8 Å². The van der Waals surface area contributed by atoms with Gasteiger partial charge in [-0.15, -0.1) is 0 Å². The van der Waals surface area contributed by atoms with Gasteiger partial charge in [-0.05, 0) is 60.3 Å². The van der Waals surface area contributed by atoms with Gasteiger partial charge < -0.3 is 19.5 Å². The Morgan fingerprint density at radius 2 is 1.47 bits per heavy atom. The van der Waals surface area contributed by atoms with E-state index in [1.807, 2.05) is 0 Å². The van der Waals surface area contributed by atoms with Gasteiger partial charge in [-0.1, -0.05) is 6.42 Å². The van der Waals surface area contributed by atoms with Gasteiger partial charge in [0.1, 0.15) is 0 Å². The van der Waals surface area contributed by atoms with Gasteiger partial charge in [-0.25, -0.2) is 13.6 Å². The quantitative estimate of drug-likeness (QED) is 0.423. The number of ether oxygens (including phenoxy) is 2. The summed E-state index contributed by atoms with van der Waals surface area (Å²) >= 11 is 0. The smallest absolute Gasteiger partial charge is 0.342 e. The molecule has 1 aliphatic heterocycles. The maximum absolute atomic E-state index is 13.7. The van der Waals surface area contributed by atoms with E-state index in [2.05, 4.69) is 39.6 Å². The molecule has 1 N–H and O–H groups in total. The molecule has 2 heterocycles. The molecule has 1 aromatic rings. The fourth-order valence-corrected chi connectivity index (χ4v) is 4.23. The summed E-state index contributed by atoms with van der Waals surface area (Å²) in [6.07, 6.45) is 2.63. The predicted molar refractivity (Wildman–Crippen MR) is 106 cm³/mol. The van der Waals surface area contributed by atoms with Crippen molar-refractivity contribution in [2.75, 3.05) is 6.54 Å². The van der Waals surface area contributed by atoms with Crippen molar-refractivity contribution in [2.45, 2.75) is 84.6 Å². The average molecular weight is 462 g/mol. The van der Waals surface area contributed by atoms with E-state index < -0.39 is 52.4 Å². The van der Waals surface area contributed by atoms with Crippen molar-refractivity contribution in [2.24, 2.45) is 0 Å². The van der Waals surface area contributed by atoms with Gasteiger partial charge in [0, 0.05) is 0 Å². The van der Waals surface area contributed by atoms with Gasteiger partial charge in [-0.2, -0.15) is 13.8 Å². The highest BCUT2D eigenvalue weighted by Crippen LogP contribution is 2.40. The zero-order valence-electron chi connectivity index (χ0n) is 19.0. The molecule has 0 aromatic carbocycles. The number of hydrogen-bond donors (Lipinski definition) is 1. The Hall–Kier alpha value is -2.36. The van der Waals surface area contributed by atoms with Crippen LogP contribution in [0, 0.1) is 23.5 Å². The predicted octanol–water partition coefficient (Wildman–Crippen LogP) is 2.61. The molecule has 2 aliphatic rings. The standard InChI is InChI=1S/C14H11F4NO4.C8H19N/c15-8-6(9(16)11(18)19-10(8)17)7-12(20)22-14(23-13(7)21)4-2-1-3-5-14;1-6-9(7(2)3)8(4)5/h20H,1-5H2;7-8H,6H2,1-5H3. The van der Waals surface area contributed by atoms with Crippen LogP contribution in [0.2, 0.25) is 0 Å². The lowest BCUT2D eigenvalue weighted by Gasteiger charge is -2.46. The molecule has 3 rings (SSSR count). The summed E-state index contributed by atoms with van der Waals surface area (Å²) in [6, 6.07) is 1.55. The molecule has 0 amide bonds. The zero-order chi connectivity index (χ0) is 24.2. The third-order valence-corrected chi connectivity index (χ3v) is 5.72. The van der Waals surface area contributed by atoms with E-state index in [1.165, 1.54) is 6.54 Å². The number of esters is 1. The first-order chi connectivity index (χ1) is 14.9. The minimum atomic E-state index is -1.98. The van der Waals surface area contributed by atoms with Crippen LogP contribution in [-0.4, -0.2) is 35.4 Å². The van der Waals surface area contributed by atoms with Gasteiger partial charge in [-0.3, -0.25) is 0 Å². The van der Waals surface area contributed by atoms with Crippen LogP contribution in [0.5, 0.6) is 0 Å². The fourth-order valence-electron chi connectivity index (χ4n) is 4.23. The van der Waals surface area contributed by atoms with Crippen molar-refractivity contribution in [3.63, 3.8) is 0 Å². The molecule has 0 saturated heterocycles. The lowest BCUT2D eigenvalue weighted by Crippen LogP contribution is -3.17. The highest BCUT2D eigenvalue weighted by molar-refractivity contribution is 6.17. The number of carbonyl (C=O) groups is 1. The number of carbonyl (C=O) groups excluding carboxylic acids is 1. The van der Waals surface area contributed by atoms with Crippen LogP contribution in [0.3, 0.4) is 0 Å². The van der Waals surface area contributed by atoms with Crippen LogP contribution in [0.1, 0.15) is 72.3 Å². The van der Waals surface area contributed by atoms with Gasteiger partial charge in [0.05, 0.1) is 35.7 Å². The highest BCUT2D eigenvalue weighted by Gasteiger charge is 2.41. The normalized spacial score (nSPS) is 18.1. The number of hydrogen-bond acceptors (Lipinski definition) is 5. The number of rotatable bonds is 4. The summed E-state index contributed by atoms with van der Waals surface area (Å²) in [7, 11) is 0. The SMILES string of the molecule is CC[NH+](C(C)C)C(C)C.O=C1OC2(CCCCC2)OC([O-])=C1c1c(F)c(F)nc(F)c1F. The fraction of sp³-hybridized carbons (Fsp3) is 0.636. The summed E-state index contributed by atoms with van der Waals surface area (Å²) in [5.74, 6) is -12.1. The van der Waals surface area contributed by atoms with Crippen LogP contribution in [0.4, 0.5) is 17.6 Å². The monoisotopic (exact) mass is 462 g/mol. The first kappa shape index (κ1) is 25.9. The average Bonchev–Trinajstić information content (AvgIpc) is 2.69. The van der Waals surface area contributed by atoms with E-state index in [1.54, 1.807) is 4.90 Å². The van der Waals surface area contributed by atoms with E-state index in [4.69, 9.17) is 9.47 Å². The van der Waals surface area contributed by atoms with E-state index in [-0.39, 0.29) is 12.8 Å². The lowest BCUT2D eigenvalue weighted by molar-refractivity contribution is -0.940. The zero-order valence-corrected chi connectivity index (χ0v) is 19.0. The molecular weight excluding hydrogens is 432 g/mol. The molecule has 1 aliphatic carbocycles. The van der Waals surface area contributed by atoms with Gasteiger partial charge >= 0.3 is 5.97 Å². The molecule has 0 atom stereocenters. The minimum Gasteiger partial charge on any atom is -0.574 e. The molecule has 1 saturated carbocycles. The van der Waals surface area contributed by atoms with Crippen molar-refractivity contribution in [1.29, 1.82) is 0 Å². The maximum Gasteiger partial charge on any atom is 0.342 e. The Kier molecular flexibility index (Phi) is 8.50. The van der Waals surface area contributed by atoms with Crippen molar-refractivity contribution in [1.82, 2.24) is 4.98 Å². The first-order valence-electron chi connectivity index (χ1n) is 10.8. The molecule has 32 heavy (non-hydrogen) atoms. The first-order valence-corrected chi connectivity index (χ1v) is 10.8. The lowest BCUT2D eigenvalue weighted by atomic mass is 9.93. The number of aromatic nitrogens is 1. The third-order valence-electron chi connectivity index (χ3n) is 5.72. The van der Waals surface area contributed by atoms with Crippen LogP contribution in [0.25, 0.3) is 5.57 Å². The maximum atomic E-state index is 13.7. The van der Waals surface area contributed by atoms with Crippen molar-refractivity contribution in [3.8, 4) is 0 Å². The Morgan fingerprint density at radius 3 is 1.84 bits per heavy atom. The molecule has 6 nitrogen and oxygen atoms in total. The molecule has 1 fully saturated rings. The number of nitrogens with one attached hydrogen (secondary N) is 1. The second-order valence-electron chi connectivity index (χ2n) is 8.56. The van der Waals surface area contributed by atoms with Crippen molar-refractivity contribution in [3.05, 3.63) is 35.0 Å². The summed E-state index contributed by atoms with van der Waals surface area (Å²) in [4.78, 5) is 16.1.